The van der Waals surface area contributed by atoms with Gasteiger partial charge in [0.15, 0.2) is 0 Å². The molecule has 2 nitrogen and oxygen atoms in total. The Hall–Kier alpha value is 0.270. The van der Waals surface area contributed by atoms with Gasteiger partial charge in [-0.1, -0.05) is 26.2 Å². The normalized spacial score (nSPS) is 10.2. The van der Waals surface area contributed by atoms with Gasteiger partial charge >= 0.3 is 0 Å². The summed E-state index contributed by atoms with van der Waals surface area (Å²) in [5, 5.41) is 3.29. The van der Waals surface area contributed by atoms with Crippen LogP contribution in [0.3, 0.4) is 0 Å². The van der Waals surface area contributed by atoms with Crippen molar-refractivity contribution in [2.75, 3.05) is 19.6 Å². The fourth-order valence-corrected chi connectivity index (χ4v) is 0.966. The molecule has 0 fully saturated rings. The molecule has 0 saturated heterocycles. The summed E-state index contributed by atoms with van der Waals surface area (Å²) in [4.78, 5) is 0. The molecule has 0 aromatic carbocycles. The Morgan fingerprint density at radius 1 is 1.10 bits per heavy atom. The molecule has 62 valence electrons. The molecule has 10 heavy (non-hydrogen) atoms. The van der Waals surface area contributed by atoms with Gasteiger partial charge in [0.2, 0.25) is 0 Å². The first-order valence-electron chi connectivity index (χ1n) is 3.99. The van der Waals surface area contributed by atoms with E-state index in [1.165, 1.54) is 19.3 Å². The first-order chi connectivity index (χ1) is 4.91. The summed E-state index contributed by atoms with van der Waals surface area (Å²) in [6, 6.07) is 0. The van der Waals surface area contributed by atoms with Gasteiger partial charge in [0, 0.05) is 6.54 Å². The number of hydrogen-bond donors (Lipinski definition) is 3. The summed E-state index contributed by atoms with van der Waals surface area (Å²) >= 11 is 3.90. The molecule has 0 rings (SSSR count). The van der Waals surface area contributed by atoms with E-state index in [9.17, 15) is 0 Å². The van der Waals surface area contributed by atoms with Gasteiger partial charge in [-0.25, -0.2) is 0 Å². The highest BCUT2D eigenvalue weighted by atomic mass is 32.1. The lowest BCUT2D eigenvalue weighted by Gasteiger charge is -2.00. The van der Waals surface area contributed by atoms with Crippen LogP contribution in [-0.2, 0) is 0 Å². The van der Waals surface area contributed by atoms with Crippen LogP contribution >= 0.6 is 12.8 Å². The number of nitrogens with one attached hydrogen (secondary N) is 2. The second-order valence-corrected chi connectivity index (χ2v) is 2.64. The predicted octanol–water partition coefficient (Wildman–Crippen LogP) is 1.20. The minimum Gasteiger partial charge on any atom is -0.317 e. The van der Waals surface area contributed by atoms with Crippen molar-refractivity contribution in [3.8, 4) is 0 Å². The van der Waals surface area contributed by atoms with Crippen LogP contribution in [0.25, 0.3) is 0 Å². The zero-order valence-electron chi connectivity index (χ0n) is 6.69. The lowest BCUT2D eigenvalue weighted by atomic mass is 10.2. The Morgan fingerprint density at radius 3 is 2.40 bits per heavy atom. The Bertz CT molecular complexity index is 51.6. The van der Waals surface area contributed by atoms with Crippen LogP contribution < -0.4 is 10.0 Å². The molecule has 2 N–H and O–H groups in total. The largest absolute Gasteiger partial charge is 0.317 e. The van der Waals surface area contributed by atoms with Crippen molar-refractivity contribution >= 4 is 12.8 Å². The van der Waals surface area contributed by atoms with E-state index in [0.29, 0.717) is 0 Å². The van der Waals surface area contributed by atoms with Crippen LogP contribution in [0.15, 0.2) is 0 Å². The van der Waals surface area contributed by atoms with E-state index >= 15 is 0 Å². The SMILES string of the molecule is CCNCCCCCNS. The van der Waals surface area contributed by atoms with Crippen molar-refractivity contribution in [1.82, 2.24) is 10.0 Å². The van der Waals surface area contributed by atoms with E-state index in [2.05, 4.69) is 29.8 Å². The summed E-state index contributed by atoms with van der Waals surface area (Å²) < 4.78 is 2.83. The summed E-state index contributed by atoms with van der Waals surface area (Å²) in [5.41, 5.74) is 0. The summed E-state index contributed by atoms with van der Waals surface area (Å²) in [6.07, 6.45) is 3.80. The molecule has 0 spiro atoms. The van der Waals surface area contributed by atoms with E-state index in [1.54, 1.807) is 0 Å². The smallest absolute Gasteiger partial charge is 0.00561 e. The third-order valence-electron chi connectivity index (χ3n) is 1.39. The molecule has 3 heteroatoms. The standard InChI is InChI=1S/C7H18N2S/c1-2-8-6-4-3-5-7-9-10/h8-10H,2-7H2,1H3. The van der Waals surface area contributed by atoms with E-state index in [-0.39, 0.29) is 0 Å². The quantitative estimate of drug-likeness (QED) is 0.387. The molecule has 0 aliphatic carbocycles. The van der Waals surface area contributed by atoms with Crippen LogP contribution in [0.1, 0.15) is 26.2 Å². The highest BCUT2D eigenvalue weighted by Crippen LogP contribution is 1.91. The van der Waals surface area contributed by atoms with Crippen molar-refractivity contribution < 1.29 is 0 Å². The molecular formula is C7H18N2S. The second-order valence-electron chi connectivity index (χ2n) is 2.32. The average Bonchev–Trinajstić information content (AvgIpc) is 1.97. The Kier molecular flexibility index (Phi) is 9.52. The minimum atomic E-state index is 1.02. The first-order valence-corrected chi connectivity index (χ1v) is 4.44. The number of thiol groups is 1. The van der Waals surface area contributed by atoms with Crippen LogP contribution in [0, 0.1) is 0 Å². The van der Waals surface area contributed by atoms with E-state index < -0.39 is 0 Å². The van der Waals surface area contributed by atoms with Gasteiger partial charge in [0.1, 0.15) is 0 Å². The van der Waals surface area contributed by atoms with Crippen LogP contribution in [0.5, 0.6) is 0 Å². The molecule has 0 radical (unpaired) electrons. The van der Waals surface area contributed by atoms with Gasteiger partial charge in [-0.3, -0.25) is 4.72 Å². The van der Waals surface area contributed by atoms with E-state index in [4.69, 9.17) is 0 Å². The van der Waals surface area contributed by atoms with Crippen LogP contribution in [0.4, 0.5) is 0 Å². The molecule has 0 saturated carbocycles. The Morgan fingerprint density at radius 2 is 1.80 bits per heavy atom. The maximum absolute atomic E-state index is 3.90. The van der Waals surface area contributed by atoms with Crippen LogP contribution in [-0.4, -0.2) is 19.6 Å². The highest BCUT2D eigenvalue weighted by Gasteiger charge is 1.86. The van der Waals surface area contributed by atoms with Crippen molar-refractivity contribution in [3.63, 3.8) is 0 Å². The molecule has 0 aliphatic heterocycles. The monoisotopic (exact) mass is 162 g/mol. The van der Waals surface area contributed by atoms with E-state index in [0.717, 1.165) is 19.6 Å². The van der Waals surface area contributed by atoms with Gasteiger partial charge < -0.3 is 5.32 Å². The van der Waals surface area contributed by atoms with Gasteiger partial charge in [0.05, 0.1) is 0 Å². The predicted molar refractivity (Wildman–Crippen MR) is 49.4 cm³/mol. The van der Waals surface area contributed by atoms with Gasteiger partial charge in [0.25, 0.3) is 0 Å². The molecule has 0 aromatic heterocycles. The summed E-state index contributed by atoms with van der Waals surface area (Å²) in [7, 11) is 0. The van der Waals surface area contributed by atoms with Crippen molar-refractivity contribution in [2.45, 2.75) is 26.2 Å². The summed E-state index contributed by atoms with van der Waals surface area (Å²) in [6.45, 7) is 5.40. The van der Waals surface area contributed by atoms with Crippen molar-refractivity contribution in [1.29, 1.82) is 0 Å². The maximum atomic E-state index is 3.90. The van der Waals surface area contributed by atoms with Gasteiger partial charge in [-0.2, -0.15) is 0 Å². The van der Waals surface area contributed by atoms with Gasteiger partial charge in [-0.05, 0) is 25.9 Å². The Balaban J connectivity index is 2.65. The Labute approximate surface area is 69.3 Å². The number of rotatable bonds is 7. The third-order valence-corrected chi connectivity index (χ3v) is 1.62. The van der Waals surface area contributed by atoms with Crippen molar-refractivity contribution in [3.05, 3.63) is 0 Å². The fraction of sp³-hybridized carbons (Fsp3) is 1.00. The first kappa shape index (κ1) is 10.3. The number of unbranched alkanes of at least 4 members (excludes halogenated alkanes) is 2. The van der Waals surface area contributed by atoms with Crippen LogP contribution in [0.2, 0.25) is 0 Å². The zero-order chi connectivity index (χ0) is 7.66. The molecule has 0 bridgehead atoms. The maximum Gasteiger partial charge on any atom is 0.00561 e. The van der Waals surface area contributed by atoms with E-state index in [1.807, 2.05) is 0 Å². The second kappa shape index (κ2) is 9.27. The topological polar surface area (TPSA) is 24.1 Å². The molecule has 0 unspecified atom stereocenters. The minimum absolute atomic E-state index is 1.02. The van der Waals surface area contributed by atoms with Gasteiger partial charge in [-0.15, -0.1) is 0 Å². The highest BCUT2D eigenvalue weighted by molar-refractivity contribution is 7.78. The molecule has 0 heterocycles. The lowest BCUT2D eigenvalue weighted by molar-refractivity contribution is 0.616. The third kappa shape index (κ3) is 8.27. The molecule has 0 aromatic rings. The summed E-state index contributed by atoms with van der Waals surface area (Å²) in [5.74, 6) is 0. The molecular weight excluding hydrogens is 144 g/mol. The van der Waals surface area contributed by atoms with Crippen molar-refractivity contribution in [2.24, 2.45) is 0 Å². The molecule has 0 amide bonds. The lowest BCUT2D eigenvalue weighted by Crippen LogP contribution is -2.14. The number of hydrogen-bond acceptors (Lipinski definition) is 3. The zero-order valence-corrected chi connectivity index (χ0v) is 7.58. The molecule has 0 aliphatic rings. The fourth-order valence-electron chi connectivity index (χ4n) is 0.808. The molecule has 0 atom stereocenters. The average molecular weight is 162 g/mol.